The lowest BCUT2D eigenvalue weighted by Crippen LogP contribution is -2.43. The van der Waals surface area contributed by atoms with Crippen LogP contribution in [0.25, 0.3) is 0 Å². The van der Waals surface area contributed by atoms with Crippen LogP contribution in [0.5, 0.6) is 0 Å². The molecule has 0 saturated carbocycles. The van der Waals surface area contributed by atoms with Crippen molar-refractivity contribution >= 4 is 17.8 Å². The van der Waals surface area contributed by atoms with Crippen molar-refractivity contribution < 1.29 is 23.9 Å². The molecule has 0 aliphatic heterocycles. The Balaban J connectivity index is 4.10. The van der Waals surface area contributed by atoms with Crippen molar-refractivity contribution in [3.05, 3.63) is 0 Å². The molecule has 6 nitrogen and oxygen atoms in total. The zero-order chi connectivity index (χ0) is 11.8. The summed E-state index contributed by atoms with van der Waals surface area (Å²) in [6.07, 6.45) is -0.704. The van der Waals surface area contributed by atoms with Crippen molar-refractivity contribution in [2.24, 2.45) is 0 Å². The van der Waals surface area contributed by atoms with Crippen LogP contribution >= 0.6 is 0 Å². The molecule has 0 fully saturated rings. The van der Waals surface area contributed by atoms with E-state index in [4.69, 9.17) is 0 Å². The number of alkyl carbamates (subject to hydrolysis) is 1. The highest BCUT2D eigenvalue weighted by molar-refractivity contribution is 5.85. The van der Waals surface area contributed by atoms with Crippen LogP contribution in [0.2, 0.25) is 0 Å². The van der Waals surface area contributed by atoms with Crippen molar-refractivity contribution in [2.45, 2.75) is 26.8 Å². The van der Waals surface area contributed by atoms with E-state index in [1.807, 2.05) is 0 Å². The molecular formula is C9H15NO5. The van der Waals surface area contributed by atoms with Gasteiger partial charge in [-0.2, -0.15) is 0 Å². The second kappa shape index (κ2) is 6.80. The molecular weight excluding hydrogens is 202 g/mol. The maximum atomic E-state index is 11.0. The van der Waals surface area contributed by atoms with E-state index < -0.39 is 18.1 Å². The number of carbonyl (C=O) groups is 3. The molecule has 86 valence electrons. The number of esters is 1. The van der Waals surface area contributed by atoms with E-state index in [0.717, 1.165) is 0 Å². The van der Waals surface area contributed by atoms with Crippen LogP contribution in [0.4, 0.5) is 4.79 Å². The van der Waals surface area contributed by atoms with Gasteiger partial charge in [0.15, 0.2) is 5.78 Å². The van der Waals surface area contributed by atoms with E-state index in [-0.39, 0.29) is 19.0 Å². The molecule has 0 aromatic carbocycles. The minimum Gasteiger partial charge on any atom is -0.463 e. The first-order valence-corrected chi connectivity index (χ1v) is 4.54. The molecule has 0 saturated heterocycles. The molecule has 0 bridgehead atoms. The van der Waals surface area contributed by atoms with Gasteiger partial charge in [0.25, 0.3) is 0 Å². The lowest BCUT2D eigenvalue weighted by molar-refractivity contribution is -0.142. The maximum Gasteiger partial charge on any atom is 0.407 e. The smallest absolute Gasteiger partial charge is 0.407 e. The summed E-state index contributed by atoms with van der Waals surface area (Å²) in [5, 5.41) is 2.28. The Morgan fingerprint density at radius 1 is 1.20 bits per heavy atom. The first-order valence-electron chi connectivity index (χ1n) is 4.54. The van der Waals surface area contributed by atoms with Gasteiger partial charge in [-0.25, -0.2) is 4.79 Å². The molecule has 0 heterocycles. The molecule has 1 amide bonds. The molecule has 0 spiro atoms. The van der Waals surface area contributed by atoms with Gasteiger partial charge >= 0.3 is 12.1 Å². The number of carbonyl (C=O) groups excluding carboxylic acids is 3. The van der Waals surface area contributed by atoms with Crippen LogP contribution in [0.15, 0.2) is 0 Å². The van der Waals surface area contributed by atoms with E-state index >= 15 is 0 Å². The molecule has 0 aromatic rings. The number of hydrogen-bond acceptors (Lipinski definition) is 5. The monoisotopic (exact) mass is 217 g/mol. The van der Waals surface area contributed by atoms with Gasteiger partial charge in [-0.15, -0.1) is 0 Å². The van der Waals surface area contributed by atoms with Crippen LogP contribution in [-0.4, -0.2) is 37.1 Å². The van der Waals surface area contributed by atoms with Gasteiger partial charge in [-0.05, 0) is 13.8 Å². The normalized spacial score (nSPS) is 11.4. The molecule has 1 N–H and O–H groups in total. The van der Waals surface area contributed by atoms with Gasteiger partial charge in [-0.3, -0.25) is 9.59 Å². The van der Waals surface area contributed by atoms with E-state index in [1.165, 1.54) is 13.8 Å². The fraction of sp³-hybridized carbons (Fsp3) is 0.667. The molecule has 6 heteroatoms. The molecule has 0 rings (SSSR count). The number of nitrogens with one attached hydrogen (secondary N) is 1. The second-order valence-electron chi connectivity index (χ2n) is 2.83. The lowest BCUT2D eigenvalue weighted by Gasteiger charge is -2.14. The average Bonchev–Trinajstić information content (AvgIpc) is 2.11. The SMILES string of the molecule is CCOC(=O)NC(COC(C)=O)C(C)=O. The molecule has 0 aliphatic carbocycles. The first kappa shape index (κ1) is 13.4. The predicted molar refractivity (Wildman–Crippen MR) is 51.3 cm³/mol. The zero-order valence-electron chi connectivity index (χ0n) is 9.03. The van der Waals surface area contributed by atoms with E-state index in [0.29, 0.717) is 0 Å². The Morgan fingerprint density at radius 3 is 2.20 bits per heavy atom. The Hall–Kier alpha value is -1.59. The van der Waals surface area contributed by atoms with Crippen LogP contribution in [0.3, 0.4) is 0 Å². The third kappa shape index (κ3) is 6.48. The number of ketones is 1. The standard InChI is InChI=1S/C9H15NO5/c1-4-14-9(13)10-8(6(2)11)5-15-7(3)12/h8H,4-5H2,1-3H3,(H,10,13). The summed E-state index contributed by atoms with van der Waals surface area (Å²) >= 11 is 0. The minimum atomic E-state index is -0.854. The fourth-order valence-corrected chi connectivity index (χ4v) is 0.776. The number of hydrogen-bond donors (Lipinski definition) is 1. The highest BCUT2D eigenvalue weighted by Crippen LogP contribution is 1.91. The van der Waals surface area contributed by atoms with Gasteiger partial charge in [0, 0.05) is 6.92 Å². The summed E-state index contributed by atoms with van der Waals surface area (Å²) in [5.74, 6) is -0.809. The van der Waals surface area contributed by atoms with E-state index in [1.54, 1.807) is 6.92 Å². The third-order valence-electron chi connectivity index (χ3n) is 1.51. The van der Waals surface area contributed by atoms with Crippen LogP contribution in [0, 0.1) is 0 Å². The van der Waals surface area contributed by atoms with Crippen molar-refractivity contribution in [1.82, 2.24) is 5.32 Å². The predicted octanol–water partition coefficient (Wildman–Crippen LogP) is 0.253. The summed E-state index contributed by atoms with van der Waals surface area (Å²) in [5.41, 5.74) is 0. The summed E-state index contributed by atoms with van der Waals surface area (Å²) < 4.78 is 9.20. The van der Waals surface area contributed by atoms with Crippen molar-refractivity contribution in [3.8, 4) is 0 Å². The largest absolute Gasteiger partial charge is 0.463 e. The molecule has 0 aliphatic rings. The Morgan fingerprint density at radius 2 is 1.80 bits per heavy atom. The topological polar surface area (TPSA) is 81.7 Å². The molecule has 1 unspecified atom stereocenters. The Labute approximate surface area is 87.9 Å². The second-order valence-corrected chi connectivity index (χ2v) is 2.83. The van der Waals surface area contributed by atoms with E-state index in [2.05, 4.69) is 14.8 Å². The fourth-order valence-electron chi connectivity index (χ4n) is 0.776. The van der Waals surface area contributed by atoms with Gasteiger partial charge in [0.2, 0.25) is 0 Å². The molecule has 0 aromatic heterocycles. The van der Waals surface area contributed by atoms with Crippen LogP contribution < -0.4 is 5.32 Å². The summed E-state index contributed by atoms with van der Waals surface area (Å²) in [6.45, 7) is 4.20. The van der Waals surface area contributed by atoms with Gasteiger partial charge < -0.3 is 14.8 Å². The van der Waals surface area contributed by atoms with Gasteiger partial charge in [-0.1, -0.05) is 0 Å². The number of ether oxygens (including phenoxy) is 2. The number of amides is 1. The minimum absolute atomic E-state index is 0.177. The molecule has 15 heavy (non-hydrogen) atoms. The van der Waals surface area contributed by atoms with Crippen LogP contribution in [0.1, 0.15) is 20.8 Å². The quantitative estimate of drug-likeness (QED) is 0.668. The lowest BCUT2D eigenvalue weighted by atomic mass is 10.2. The number of rotatable bonds is 5. The number of Topliss-reactive ketones (excluding diaryl/α,β-unsaturated/α-hetero) is 1. The first-order chi connectivity index (χ1) is 6.97. The van der Waals surface area contributed by atoms with Crippen molar-refractivity contribution in [3.63, 3.8) is 0 Å². The van der Waals surface area contributed by atoms with Crippen molar-refractivity contribution in [1.29, 1.82) is 0 Å². The van der Waals surface area contributed by atoms with E-state index in [9.17, 15) is 14.4 Å². The molecule has 0 radical (unpaired) electrons. The highest BCUT2D eigenvalue weighted by atomic mass is 16.6. The van der Waals surface area contributed by atoms with Crippen LogP contribution in [-0.2, 0) is 19.1 Å². The summed E-state index contributed by atoms with van der Waals surface area (Å²) in [6, 6.07) is -0.854. The third-order valence-corrected chi connectivity index (χ3v) is 1.51. The Kier molecular flexibility index (Phi) is 6.08. The van der Waals surface area contributed by atoms with Crippen molar-refractivity contribution in [2.75, 3.05) is 13.2 Å². The Bertz CT molecular complexity index is 251. The molecule has 1 atom stereocenters. The average molecular weight is 217 g/mol. The zero-order valence-corrected chi connectivity index (χ0v) is 9.03. The summed E-state index contributed by atoms with van der Waals surface area (Å²) in [7, 11) is 0. The maximum absolute atomic E-state index is 11.0. The highest BCUT2D eigenvalue weighted by Gasteiger charge is 2.18. The summed E-state index contributed by atoms with van der Waals surface area (Å²) in [4.78, 5) is 32.5. The van der Waals surface area contributed by atoms with Gasteiger partial charge in [0.1, 0.15) is 12.6 Å². The van der Waals surface area contributed by atoms with Gasteiger partial charge in [0.05, 0.1) is 6.61 Å².